The van der Waals surface area contributed by atoms with Gasteiger partial charge in [0, 0.05) is 30.1 Å². The van der Waals surface area contributed by atoms with Crippen LogP contribution >= 0.6 is 11.3 Å². The number of benzene rings is 1. The zero-order chi connectivity index (χ0) is 24.5. The van der Waals surface area contributed by atoms with Crippen molar-refractivity contribution in [1.82, 2.24) is 15.0 Å². The molecule has 8 nitrogen and oxygen atoms in total. The minimum atomic E-state index is -1.04. The van der Waals surface area contributed by atoms with E-state index < -0.39 is 5.60 Å². The van der Waals surface area contributed by atoms with Crippen molar-refractivity contribution < 1.29 is 14.6 Å². The summed E-state index contributed by atoms with van der Waals surface area (Å²) in [5, 5.41) is 15.3. The lowest BCUT2D eigenvalue weighted by atomic mass is 9.72. The van der Waals surface area contributed by atoms with E-state index in [9.17, 15) is 9.90 Å². The molecule has 0 spiro atoms. The van der Waals surface area contributed by atoms with Gasteiger partial charge in [0.25, 0.3) is 0 Å². The van der Waals surface area contributed by atoms with Crippen molar-refractivity contribution in [3.8, 4) is 16.3 Å². The number of nitrogens with zero attached hydrogens (tertiary/aromatic N) is 3. The first-order chi connectivity index (χ1) is 16.1. The molecule has 3 aromatic rings. The quantitative estimate of drug-likeness (QED) is 0.452. The highest BCUT2D eigenvalue weighted by molar-refractivity contribution is 7.15. The van der Waals surface area contributed by atoms with Gasteiger partial charge < -0.3 is 20.9 Å². The fourth-order valence-corrected chi connectivity index (χ4v) is 5.56. The Morgan fingerprint density at radius 2 is 2.12 bits per heavy atom. The van der Waals surface area contributed by atoms with E-state index in [2.05, 4.69) is 26.3 Å². The van der Waals surface area contributed by atoms with Crippen LogP contribution < -0.4 is 15.8 Å². The van der Waals surface area contributed by atoms with Crippen LogP contribution in [-0.2, 0) is 10.4 Å². The predicted octanol–water partition coefficient (Wildman–Crippen LogP) is 4.55. The Hall–Kier alpha value is -3.04. The van der Waals surface area contributed by atoms with Crippen LogP contribution in [0.3, 0.4) is 0 Å². The topological polar surface area (TPSA) is 123 Å². The van der Waals surface area contributed by atoms with Gasteiger partial charge >= 0.3 is 0 Å². The summed E-state index contributed by atoms with van der Waals surface area (Å²) in [6.07, 6.45) is 5.01. The highest BCUT2D eigenvalue weighted by Gasteiger charge is 2.42. The number of aryl methyl sites for hydroxylation is 1. The van der Waals surface area contributed by atoms with Gasteiger partial charge in [-0.2, -0.15) is 4.98 Å². The summed E-state index contributed by atoms with van der Waals surface area (Å²) in [6, 6.07) is 7.85. The van der Waals surface area contributed by atoms with Crippen LogP contribution in [-0.4, -0.2) is 32.1 Å². The first kappa shape index (κ1) is 24.1. The average molecular weight is 482 g/mol. The molecule has 0 aliphatic heterocycles. The first-order valence-electron chi connectivity index (χ1n) is 11.5. The van der Waals surface area contributed by atoms with Crippen LogP contribution in [0, 0.1) is 18.8 Å². The molecular weight excluding hydrogens is 450 g/mol. The number of hydrogen-bond acceptors (Lipinski definition) is 8. The van der Waals surface area contributed by atoms with Crippen molar-refractivity contribution in [3.63, 3.8) is 0 Å². The molecule has 2 heterocycles. The van der Waals surface area contributed by atoms with E-state index >= 15 is 0 Å². The van der Waals surface area contributed by atoms with Gasteiger partial charge in [-0.15, -0.1) is 11.3 Å². The average Bonchev–Trinajstić information content (AvgIpc) is 3.24. The van der Waals surface area contributed by atoms with E-state index in [1.165, 1.54) is 11.3 Å². The highest BCUT2D eigenvalue weighted by atomic mass is 32.1. The van der Waals surface area contributed by atoms with Crippen LogP contribution in [0.1, 0.15) is 50.6 Å². The molecule has 34 heavy (non-hydrogen) atoms. The van der Waals surface area contributed by atoms with E-state index in [1.807, 2.05) is 39.8 Å². The maximum atomic E-state index is 11.7. The van der Waals surface area contributed by atoms with Crippen LogP contribution in [0.15, 0.2) is 36.7 Å². The van der Waals surface area contributed by atoms with Crippen LogP contribution in [0.4, 0.5) is 11.6 Å². The molecule has 1 aliphatic rings. The van der Waals surface area contributed by atoms with E-state index in [0.29, 0.717) is 36.1 Å². The summed E-state index contributed by atoms with van der Waals surface area (Å²) in [6.45, 7) is 7.89. The van der Waals surface area contributed by atoms with E-state index in [4.69, 9.17) is 10.5 Å². The smallest absolute Gasteiger partial charge is 0.230 e. The zero-order valence-electron chi connectivity index (χ0n) is 19.9. The zero-order valence-corrected chi connectivity index (χ0v) is 20.7. The van der Waals surface area contributed by atoms with Crippen LogP contribution in [0.25, 0.3) is 10.4 Å². The summed E-state index contributed by atoms with van der Waals surface area (Å²) < 4.78 is 5.66. The number of aromatic nitrogens is 3. The van der Waals surface area contributed by atoms with Crippen molar-refractivity contribution in [3.05, 3.63) is 47.2 Å². The molecule has 0 bridgehead atoms. The molecule has 3 unspecified atom stereocenters. The third kappa shape index (κ3) is 5.37. The number of carbonyl (C=O) groups excluding carboxylic acids is 1. The third-order valence-corrected chi connectivity index (χ3v) is 7.33. The number of ether oxygens (including phenoxy) is 1. The summed E-state index contributed by atoms with van der Waals surface area (Å²) >= 11 is 1.48. The SMILES string of the molecule is Cc1cc(Nc2nccc(OC(C)C)n2)cc(-c2cnc(C3(O)CCC(C(N)=O)C(C)C3)s2)c1. The molecule has 9 heteroatoms. The Morgan fingerprint density at radius 1 is 1.32 bits per heavy atom. The summed E-state index contributed by atoms with van der Waals surface area (Å²) in [4.78, 5) is 25.9. The van der Waals surface area contributed by atoms with Crippen molar-refractivity contribution in [1.29, 1.82) is 0 Å². The number of rotatable bonds is 7. The molecule has 1 fully saturated rings. The Labute approximate surface area is 203 Å². The number of anilines is 2. The Morgan fingerprint density at radius 3 is 2.82 bits per heavy atom. The maximum Gasteiger partial charge on any atom is 0.230 e. The van der Waals surface area contributed by atoms with Gasteiger partial charge in [0.05, 0.1) is 11.0 Å². The minimum Gasteiger partial charge on any atom is -0.475 e. The number of primary amides is 1. The van der Waals surface area contributed by atoms with Gasteiger partial charge in [-0.25, -0.2) is 9.97 Å². The monoisotopic (exact) mass is 481 g/mol. The van der Waals surface area contributed by atoms with Crippen molar-refractivity contribution in [2.75, 3.05) is 5.32 Å². The van der Waals surface area contributed by atoms with Crippen molar-refractivity contribution in [2.45, 2.75) is 58.7 Å². The summed E-state index contributed by atoms with van der Waals surface area (Å²) in [5.74, 6) is 0.486. The first-order valence-corrected chi connectivity index (χ1v) is 12.3. The number of nitrogens with one attached hydrogen (secondary N) is 1. The molecule has 180 valence electrons. The minimum absolute atomic E-state index is 0.00816. The van der Waals surface area contributed by atoms with Gasteiger partial charge in [0.2, 0.25) is 17.7 Å². The van der Waals surface area contributed by atoms with Gasteiger partial charge in [-0.05, 0) is 69.2 Å². The lowest BCUT2D eigenvalue weighted by molar-refractivity contribution is -0.127. The second-order valence-corrected chi connectivity index (χ2v) is 10.4. The number of thiazole rings is 1. The lowest BCUT2D eigenvalue weighted by Crippen LogP contribution is -2.40. The lowest BCUT2D eigenvalue weighted by Gasteiger charge is -2.37. The molecular formula is C25H31N5O3S. The summed E-state index contributed by atoms with van der Waals surface area (Å²) in [5.41, 5.74) is 7.39. The number of carbonyl (C=O) groups is 1. The molecule has 3 atom stereocenters. The molecule has 0 radical (unpaired) electrons. The molecule has 1 aromatic carbocycles. The Bertz CT molecular complexity index is 1180. The second kappa shape index (κ2) is 9.68. The van der Waals surface area contributed by atoms with E-state index in [1.54, 1.807) is 18.5 Å². The summed E-state index contributed by atoms with van der Waals surface area (Å²) in [7, 11) is 0. The maximum absolute atomic E-state index is 11.7. The number of amides is 1. The van der Waals surface area contributed by atoms with Gasteiger partial charge in [0.1, 0.15) is 10.6 Å². The number of aliphatic hydroxyl groups is 1. The van der Waals surface area contributed by atoms with E-state index in [0.717, 1.165) is 21.7 Å². The molecule has 4 N–H and O–H groups in total. The molecule has 1 amide bonds. The molecule has 1 saturated carbocycles. The fourth-order valence-electron chi connectivity index (χ4n) is 4.53. The number of nitrogens with two attached hydrogens (primary N) is 1. The third-order valence-electron chi connectivity index (χ3n) is 6.09. The van der Waals surface area contributed by atoms with Crippen molar-refractivity contribution in [2.24, 2.45) is 17.6 Å². The van der Waals surface area contributed by atoms with Gasteiger partial charge in [0.15, 0.2) is 0 Å². The van der Waals surface area contributed by atoms with E-state index in [-0.39, 0.29) is 23.8 Å². The predicted molar refractivity (Wildman–Crippen MR) is 133 cm³/mol. The Kier molecular flexibility index (Phi) is 6.86. The van der Waals surface area contributed by atoms with Crippen LogP contribution in [0.2, 0.25) is 0 Å². The van der Waals surface area contributed by atoms with Crippen molar-refractivity contribution >= 4 is 28.9 Å². The second-order valence-electron chi connectivity index (χ2n) is 9.39. The molecule has 1 aliphatic carbocycles. The number of hydrogen-bond donors (Lipinski definition) is 3. The molecule has 0 saturated heterocycles. The van der Waals surface area contributed by atoms with Crippen LogP contribution in [0.5, 0.6) is 5.88 Å². The Balaban J connectivity index is 1.55. The normalized spacial score (nSPS) is 22.5. The van der Waals surface area contributed by atoms with Gasteiger partial charge in [-0.3, -0.25) is 4.79 Å². The largest absolute Gasteiger partial charge is 0.475 e. The van der Waals surface area contributed by atoms with Gasteiger partial charge in [-0.1, -0.05) is 13.0 Å². The standard InChI is InChI=1S/C25H31N5O3S/c1-14(2)33-21-6-8-27-24(30-21)29-18-10-15(3)9-17(11-18)20-13-28-23(34-20)25(32)7-5-19(22(26)31)16(4)12-25/h6,8-11,13-14,16,19,32H,5,7,12H2,1-4H3,(H2,26,31)(H,27,29,30). The fraction of sp³-hybridized carbons (Fsp3) is 0.440. The highest BCUT2D eigenvalue weighted by Crippen LogP contribution is 2.45. The molecule has 2 aromatic heterocycles. The molecule has 4 rings (SSSR count).